The van der Waals surface area contributed by atoms with Crippen LogP contribution in [0.4, 0.5) is 13.2 Å². The highest BCUT2D eigenvalue weighted by Gasteiger charge is 2.33. The van der Waals surface area contributed by atoms with Gasteiger partial charge in [-0.3, -0.25) is 9.59 Å². The summed E-state index contributed by atoms with van der Waals surface area (Å²) < 4.78 is 34.7. The summed E-state index contributed by atoms with van der Waals surface area (Å²) in [4.78, 5) is 20.2. The lowest BCUT2D eigenvalue weighted by atomic mass is 10.0. The lowest BCUT2D eigenvalue weighted by molar-refractivity contribution is -0.159. The van der Waals surface area contributed by atoms with Crippen LogP contribution in [0.1, 0.15) is 12.8 Å². The number of rotatable bonds is 4. The summed E-state index contributed by atoms with van der Waals surface area (Å²) in [5, 5.41) is 16.4. The van der Waals surface area contributed by atoms with E-state index in [0.29, 0.717) is 0 Å². The van der Waals surface area contributed by atoms with Crippen LogP contribution in [-0.4, -0.2) is 28.3 Å². The second kappa shape index (κ2) is 4.11. The van der Waals surface area contributed by atoms with Crippen molar-refractivity contribution in [2.75, 3.05) is 0 Å². The molecule has 0 heterocycles. The Kier molecular flexibility index (Phi) is 3.70. The van der Waals surface area contributed by atoms with Gasteiger partial charge in [-0.2, -0.15) is 13.2 Å². The number of halogens is 3. The molecule has 0 bridgehead atoms. The molecule has 0 atom stereocenters. The summed E-state index contributed by atoms with van der Waals surface area (Å²) in [6, 6.07) is 0. The van der Waals surface area contributed by atoms with Gasteiger partial charge in [-0.05, 0) is 6.42 Å². The first-order chi connectivity index (χ1) is 5.74. The normalized spacial score (nSPS) is 11.7. The number of hydrogen-bond acceptors (Lipinski definition) is 2. The van der Waals surface area contributed by atoms with Gasteiger partial charge in [0.2, 0.25) is 0 Å². The molecule has 0 spiro atoms. The Balaban J connectivity index is 4.14. The first-order valence-electron chi connectivity index (χ1n) is 3.26. The molecule has 0 unspecified atom stereocenters. The van der Waals surface area contributed by atoms with Crippen LogP contribution in [0, 0.1) is 5.92 Å². The highest BCUT2D eigenvalue weighted by atomic mass is 19.4. The molecule has 0 rings (SSSR count). The van der Waals surface area contributed by atoms with Crippen molar-refractivity contribution in [2.24, 2.45) is 5.92 Å². The Labute approximate surface area is 71.0 Å². The van der Waals surface area contributed by atoms with Crippen molar-refractivity contribution in [3.05, 3.63) is 0 Å². The highest BCUT2D eigenvalue weighted by Crippen LogP contribution is 2.24. The zero-order valence-corrected chi connectivity index (χ0v) is 6.34. The van der Waals surface area contributed by atoms with Gasteiger partial charge < -0.3 is 10.2 Å². The molecule has 13 heavy (non-hydrogen) atoms. The minimum absolute atomic E-state index is 0.936. The minimum atomic E-state index is -4.52. The summed E-state index contributed by atoms with van der Waals surface area (Å²) in [5.74, 6) is -5.49. The Hall–Kier alpha value is -1.27. The fourth-order valence-corrected chi connectivity index (χ4v) is 0.661. The predicted molar refractivity (Wildman–Crippen MR) is 34.1 cm³/mol. The molecular weight excluding hydrogens is 193 g/mol. The van der Waals surface area contributed by atoms with Crippen LogP contribution in [0.5, 0.6) is 0 Å². The topological polar surface area (TPSA) is 74.6 Å². The minimum Gasteiger partial charge on any atom is -0.481 e. The van der Waals surface area contributed by atoms with Crippen LogP contribution in [0.25, 0.3) is 0 Å². The molecule has 0 aliphatic heterocycles. The van der Waals surface area contributed by atoms with Crippen molar-refractivity contribution in [3.63, 3.8) is 0 Å². The van der Waals surface area contributed by atoms with Crippen molar-refractivity contribution in [2.45, 2.75) is 19.0 Å². The van der Waals surface area contributed by atoms with Crippen LogP contribution < -0.4 is 0 Å². The van der Waals surface area contributed by atoms with E-state index in [1.807, 2.05) is 0 Å². The first kappa shape index (κ1) is 11.7. The molecule has 76 valence electrons. The molecule has 0 aliphatic carbocycles. The average molecular weight is 200 g/mol. The number of carbonyl (C=O) groups is 2. The van der Waals surface area contributed by atoms with E-state index in [-0.39, 0.29) is 0 Å². The van der Waals surface area contributed by atoms with E-state index in [2.05, 4.69) is 0 Å². The van der Waals surface area contributed by atoms with Gasteiger partial charge in [0, 0.05) is 6.42 Å². The van der Waals surface area contributed by atoms with E-state index in [1.54, 1.807) is 0 Å². The Morgan fingerprint density at radius 3 is 1.77 bits per heavy atom. The molecule has 0 saturated carbocycles. The molecular formula is C6H7F3O4. The van der Waals surface area contributed by atoms with E-state index >= 15 is 0 Å². The quantitative estimate of drug-likeness (QED) is 0.666. The number of alkyl halides is 3. The second-order valence-corrected chi connectivity index (χ2v) is 2.38. The van der Waals surface area contributed by atoms with Crippen LogP contribution in [0.15, 0.2) is 0 Å². The third kappa shape index (κ3) is 5.05. The monoisotopic (exact) mass is 200 g/mol. The van der Waals surface area contributed by atoms with Gasteiger partial charge in [-0.25, -0.2) is 0 Å². The third-order valence-corrected chi connectivity index (χ3v) is 1.31. The van der Waals surface area contributed by atoms with Gasteiger partial charge >= 0.3 is 18.1 Å². The van der Waals surface area contributed by atoms with Crippen LogP contribution in [0.2, 0.25) is 0 Å². The molecule has 0 fully saturated rings. The van der Waals surface area contributed by atoms with Crippen LogP contribution in [-0.2, 0) is 9.59 Å². The van der Waals surface area contributed by atoms with Crippen molar-refractivity contribution in [1.82, 2.24) is 0 Å². The van der Waals surface area contributed by atoms with E-state index in [0.717, 1.165) is 0 Å². The summed E-state index contributed by atoms with van der Waals surface area (Å²) in [6.45, 7) is 0. The summed E-state index contributed by atoms with van der Waals surface area (Å²) in [6.07, 6.45) is -6.87. The zero-order valence-electron chi connectivity index (χ0n) is 6.34. The van der Waals surface area contributed by atoms with Gasteiger partial charge in [-0.1, -0.05) is 0 Å². The van der Waals surface area contributed by atoms with Gasteiger partial charge in [0.1, 0.15) is 0 Å². The first-order valence-corrected chi connectivity index (χ1v) is 3.26. The zero-order chi connectivity index (χ0) is 10.6. The fraction of sp³-hybridized carbons (Fsp3) is 0.667. The van der Waals surface area contributed by atoms with Crippen molar-refractivity contribution >= 4 is 11.9 Å². The largest absolute Gasteiger partial charge is 0.481 e. The molecule has 7 heteroatoms. The summed E-state index contributed by atoms with van der Waals surface area (Å²) in [7, 11) is 0. The summed E-state index contributed by atoms with van der Waals surface area (Å²) >= 11 is 0. The van der Waals surface area contributed by atoms with Crippen LogP contribution in [0.3, 0.4) is 0 Å². The average Bonchev–Trinajstić information content (AvgIpc) is 1.82. The fourth-order valence-electron chi connectivity index (χ4n) is 0.661. The van der Waals surface area contributed by atoms with Crippen molar-refractivity contribution in [1.29, 1.82) is 0 Å². The SMILES string of the molecule is O=C(O)C(CCC(F)(F)F)C(=O)O. The summed E-state index contributed by atoms with van der Waals surface area (Å²) in [5.41, 5.74) is 0. The molecule has 4 nitrogen and oxygen atoms in total. The lowest BCUT2D eigenvalue weighted by Gasteiger charge is -2.08. The van der Waals surface area contributed by atoms with Crippen molar-refractivity contribution in [3.8, 4) is 0 Å². The molecule has 0 aromatic heterocycles. The van der Waals surface area contributed by atoms with Crippen molar-refractivity contribution < 1.29 is 33.0 Å². The van der Waals surface area contributed by atoms with E-state index < -0.39 is 36.9 Å². The maximum absolute atomic E-state index is 11.6. The number of carboxylic acid groups (broad SMARTS) is 2. The van der Waals surface area contributed by atoms with Gasteiger partial charge in [0.15, 0.2) is 5.92 Å². The number of hydrogen-bond donors (Lipinski definition) is 2. The standard InChI is InChI=1S/C6H7F3O4/c7-6(8,9)2-1-3(4(10)11)5(12)13/h3H,1-2H2,(H,10,11)(H,12,13). The third-order valence-electron chi connectivity index (χ3n) is 1.31. The second-order valence-electron chi connectivity index (χ2n) is 2.38. The maximum atomic E-state index is 11.6. The van der Waals surface area contributed by atoms with Crippen LogP contribution >= 0.6 is 0 Å². The predicted octanol–water partition coefficient (Wildman–Crippen LogP) is 1.11. The Morgan fingerprint density at radius 2 is 1.54 bits per heavy atom. The highest BCUT2D eigenvalue weighted by molar-refractivity contribution is 5.92. The molecule has 0 aliphatic rings. The molecule has 2 N–H and O–H groups in total. The van der Waals surface area contributed by atoms with E-state index in [9.17, 15) is 22.8 Å². The van der Waals surface area contributed by atoms with Gasteiger partial charge in [0.05, 0.1) is 0 Å². The lowest BCUT2D eigenvalue weighted by Crippen LogP contribution is -2.25. The van der Waals surface area contributed by atoms with E-state index in [1.165, 1.54) is 0 Å². The Bertz CT molecular complexity index is 196. The number of carboxylic acids is 2. The molecule has 0 radical (unpaired) electrons. The van der Waals surface area contributed by atoms with Gasteiger partial charge in [-0.15, -0.1) is 0 Å². The molecule has 0 amide bonds. The molecule has 0 aromatic carbocycles. The maximum Gasteiger partial charge on any atom is 0.389 e. The van der Waals surface area contributed by atoms with E-state index in [4.69, 9.17) is 10.2 Å². The number of aliphatic carboxylic acids is 2. The Morgan fingerprint density at radius 1 is 1.15 bits per heavy atom. The molecule has 0 saturated heterocycles. The van der Waals surface area contributed by atoms with Gasteiger partial charge in [0.25, 0.3) is 0 Å². The molecule has 0 aromatic rings. The smallest absolute Gasteiger partial charge is 0.389 e.